The number of benzene rings is 1. The third-order valence-corrected chi connectivity index (χ3v) is 2.98. The van der Waals surface area contributed by atoms with E-state index in [9.17, 15) is 9.59 Å². The van der Waals surface area contributed by atoms with E-state index in [1.54, 1.807) is 31.2 Å². The van der Waals surface area contributed by atoms with Crippen LogP contribution in [0.25, 0.3) is 0 Å². The van der Waals surface area contributed by atoms with Gasteiger partial charge in [-0.05, 0) is 43.4 Å². The Balaban J connectivity index is 1.99. The molecule has 2 aromatic rings. The fourth-order valence-electron chi connectivity index (χ4n) is 1.75. The number of carbonyl (C=O) groups is 2. The van der Waals surface area contributed by atoms with Crippen molar-refractivity contribution in [3.05, 3.63) is 59.8 Å². The van der Waals surface area contributed by atoms with Crippen molar-refractivity contribution in [1.29, 1.82) is 0 Å². The summed E-state index contributed by atoms with van der Waals surface area (Å²) in [6.07, 6.45) is 1.45. The highest BCUT2D eigenvalue weighted by Crippen LogP contribution is 2.08. The van der Waals surface area contributed by atoms with Gasteiger partial charge in [-0.15, -0.1) is 0 Å². The first-order valence-electron chi connectivity index (χ1n) is 6.90. The molecule has 1 amide bonds. The maximum atomic E-state index is 12.0. The molecule has 0 aliphatic carbocycles. The molecule has 23 heavy (non-hydrogen) atoms. The Kier molecular flexibility index (Phi) is 5.76. The molecule has 1 aromatic heterocycles. The highest BCUT2D eigenvalue weighted by molar-refractivity contribution is 7.80. The molecule has 0 aliphatic heterocycles. The van der Waals surface area contributed by atoms with Gasteiger partial charge in [0, 0.05) is 11.8 Å². The number of pyridine rings is 1. The summed E-state index contributed by atoms with van der Waals surface area (Å²) in [5.41, 5.74) is 0.839. The van der Waals surface area contributed by atoms with E-state index in [0.29, 0.717) is 16.9 Å². The number of rotatable bonds is 4. The van der Waals surface area contributed by atoms with Crippen LogP contribution in [0.1, 0.15) is 27.6 Å². The summed E-state index contributed by atoms with van der Waals surface area (Å²) in [7, 11) is 0. The van der Waals surface area contributed by atoms with Gasteiger partial charge in [0.1, 0.15) is 5.82 Å². The van der Waals surface area contributed by atoms with E-state index in [1.807, 2.05) is 6.07 Å². The Hall–Kier alpha value is -2.80. The maximum absolute atomic E-state index is 12.0. The van der Waals surface area contributed by atoms with Gasteiger partial charge in [-0.3, -0.25) is 10.1 Å². The van der Waals surface area contributed by atoms with Crippen LogP contribution in [0.5, 0.6) is 0 Å². The van der Waals surface area contributed by atoms with Crippen molar-refractivity contribution in [1.82, 2.24) is 10.3 Å². The van der Waals surface area contributed by atoms with Gasteiger partial charge < -0.3 is 10.1 Å². The summed E-state index contributed by atoms with van der Waals surface area (Å²) >= 11 is 5.07. The summed E-state index contributed by atoms with van der Waals surface area (Å²) < 4.78 is 4.91. The summed E-state index contributed by atoms with van der Waals surface area (Å²) in [5, 5.41) is 5.39. The summed E-state index contributed by atoms with van der Waals surface area (Å²) in [6.45, 7) is 2.02. The normalized spacial score (nSPS) is 9.78. The number of hydrogen-bond donors (Lipinski definition) is 2. The van der Waals surface area contributed by atoms with Gasteiger partial charge in [-0.1, -0.05) is 18.2 Å². The fraction of sp³-hybridized carbons (Fsp3) is 0.125. The topological polar surface area (TPSA) is 80.3 Å². The molecule has 7 heteroatoms. The molecule has 2 N–H and O–H groups in total. The molecule has 118 valence electrons. The molecule has 0 unspecified atom stereocenters. The standard InChI is InChI=1S/C16H15N3O3S/c1-2-22-15(21)12-8-9-17-13(10-12)18-16(23)19-14(20)11-6-4-3-5-7-11/h3-10H,2H2,1H3,(H2,17,18,19,20,23). The van der Waals surface area contributed by atoms with Crippen molar-refractivity contribution in [3.63, 3.8) is 0 Å². The minimum atomic E-state index is -0.447. The van der Waals surface area contributed by atoms with Crippen LogP contribution in [0.4, 0.5) is 5.82 Å². The maximum Gasteiger partial charge on any atom is 0.338 e. The van der Waals surface area contributed by atoms with Gasteiger partial charge in [0.2, 0.25) is 0 Å². The monoisotopic (exact) mass is 329 g/mol. The molecule has 2 rings (SSSR count). The Morgan fingerprint density at radius 1 is 1.17 bits per heavy atom. The fourth-order valence-corrected chi connectivity index (χ4v) is 1.95. The average molecular weight is 329 g/mol. The number of nitrogens with one attached hydrogen (secondary N) is 2. The van der Waals surface area contributed by atoms with Crippen molar-refractivity contribution in [2.45, 2.75) is 6.92 Å². The molecule has 0 saturated heterocycles. The molecular weight excluding hydrogens is 314 g/mol. The van der Waals surface area contributed by atoms with E-state index < -0.39 is 5.97 Å². The second kappa shape index (κ2) is 8.00. The Morgan fingerprint density at radius 2 is 1.91 bits per heavy atom. The third kappa shape index (κ3) is 4.86. The third-order valence-electron chi connectivity index (χ3n) is 2.78. The molecule has 1 aromatic carbocycles. The number of esters is 1. The lowest BCUT2D eigenvalue weighted by atomic mass is 10.2. The SMILES string of the molecule is CCOC(=O)c1ccnc(NC(=S)NC(=O)c2ccccc2)c1. The number of aromatic nitrogens is 1. The highest BCUT2D eigenvalue weighted by atomic mass is 32.1. The lowest BCUT2D eigenvalue weighted by Gasteiger charge is -2.09. The number of thiocarbonyl (C=S) groups is 1. The molecule has 0 spiro atoms. The van der Waals surface area contributed by atoms with E-state index in [0.717, 1.165) is 0 Å². The first-order chi connectivity index (χ1) is 11.1. The van der Waals surface area contributed by atoms with Crippen molar-refractivity contribution >= 4 is 35.0 Å². The second-order valence-electron chi connectivity index (χ2n) is 4.42. The number of nitrogens with zero attached hydrogens (tertiary/aromatic N) is 1. The quantitative estimate of drug-likeness (QED) is 0.662. The average Bonchev–Trinajstić information content (AvgIpc) is 2.56. The lowest BCUT2D eigenvalue weighted by molar-refractivity contribution is 0.0526. The van der Waals surface area contributed by atoms with Crippen molar-refractivity contribution in [2.75, 3.05) is 11.9 Å². The molecule has 0 bridgehead atoms. The number of anilines is 1. The molecule has 0 saturated carbocycles. The second-order valence-corrected chi connectivity index (χ2v) is 4.83. The zero-order valence-corrected chi connectivity index (χ0v) is 13.2. The van der Waals surface area contributed by atoms with E-state index in [4.69, 9.17) is 17.0 Å². The Morgan fingerprint density at radius 3 is 2.61 bits per heavy atom. The molecule has 0 radical (unpaired) electrons. The summed E-state index contributed by atoms with van der Waals surface area (Å²) in [4.78, 5) is 27.7. The molecule has 0 atom stereocenters. The highest BCUT2D eigenvalue weighted by Gasteiger charge is 2.10. The van der Waals surface area contributed by atoms with Crippen LogP contribution >= 0.6 is 12.2 Å². The summed E-state index contributed by atoms with van der Waals surface area (Å²) in [5.74, 6) is -0.434. The number of ether oxygens (including phenoxy) is 1. The van der Waals surface area contributed by atoms with E-state index in [1.165, 1.54) is 18.3 Å². The zero-order valence-electron chi connectivity index (χ0n) is 12.4. The van der Waals surface area contributed by atoms with E-state index in [2.05, 4.69) is 15.6 Å². The van der Waals surface area contributed by atoms with Gasteiger partial charge in [-0.25, -0.2) is 9.78 Å². The number of amides is 1. The predicted octanol–water partition coefficient (Wildman–Crippen LogP) is 2.39. The van der Waals surface area contributed by atoms with Crippen molar-refractivity contribution in [3.8, 4) is 0 Å². The Labute approximate surface area is 138 Å². The molecule has 1 heterocycles. The minimum Gasteiger partial charge on any atom is -0.462 e. The first-order valence-corrected chi connectivity index (χ1v) is 7.31. The summed E-state index contributed by atoms with van der Waals surface area (Å²) in [6, 6.07) is 11.7. The van der Waals surface area contributed by atoms with E-state index in [-0.39, 0.29) is 17.6 Å². The molecular formula is C16H15N3O3S. The van der Waals surface area contributed by atoms with Crippen molar-refractivity contribution < 1.29 is 14.3 Å². The molecule has 0 aliphatic rings. The molecule has 0 fully saturated rings. The molecule has 6 nitrogen and oxygen atoms in total. The smallest absolute Gasteiger partial charge is 0.338 e. The van der Waals surface area contributed by atoms with E-state index >= 15 is 0 Å². The lowest BCUT2D eigenvalue weighted by Crippen LogP contribution is -2.34. The van der Waals surface area contributed by atoms with Gasteiger partial charge in [0.15, 0.2) is 5.11 Å². The van der Waals surface area contributed by atoms with Crippen LogP contribution in [0.2, 0.25) is 0 Å². The predicted molar refractivity (Wildman–Crippen MR) is 90.3 cm³/mol. The Bertz CT molecular complexity index is 720. The first kappa shape index (κ1) is 16.6. The van der Waals surface area contributed by atoms with Gasteiger partial charge >= 0.3 is 5.97 Å². The van der Waals surface area contributed by atoms with Crippen LogP contribution < -0.4 is 10.6 Å². The van der Waals surface area contributed by atoms with Crippen LogP contribution in [0.3, 0.4) is 0 Å². The van der Waals surface area contributed by atoms with Gasteiger partial charge in [-0.2, -0.15) is 0 Å². The van der Waals surface area contributed by atoms with Crippen LogP contribution in [0, 0.1) is 0 Å². The van der Waals surface area contributed by atoms with Gasteiger partial charge in [0.25, 0.3) is 5.91 Å². The number of hydrogen-bond acceptors (Lipinski definition) is 5. The minimum absolute atomic E-state index is 0.0901. The van der Waals surface area contributed by atoms with Gasteiger partial charge in [0.05, 0.1) is 12.2 Å². The largest absolute Gasteiger partial charge is 0.462 e. The van der Waals surface area contributed by atoms with Crippen molar-refractivity contribution in [2.24, 2.45) is 0 Å². The number of carbonyl (C=O) groups excluding carboxylic acids is 2. The zero-order chi connectivity index (χ0) is 16.7. The van der Waals surface area contributed by atoms with Crippen LogP contribution in [0.15, 0.2) is 48.7 Å². The van der Waals surface area contributed by atoms with Crippen LogP contribution in [-0.2, 0) is 4.74 Å². The van der Waals surface area contributed by atoms with Crippen LogP contribution in [-0.4, -0.2) is 28.6 Å².